The third-order valence-corrected chi connectivity index (χ3v) is 3.66. The van der Waals surface area contributed by atoms with E-state index in [1.54, 1.807) is 0 Å². The van der Waals surface area contributed by atoms with Crippen LogP contribution in [0.3, 0.4) is 0 Å². The Kier molecular flexibility index (Phi) is 5.46. The second-order valence-electron chi connectivity index (χ2n) is 7.11. The topological polar surface area (TPSA) is 21.3 Å². The zero-order valence-electron chi connectivity index (χ0n) is 12.4. The van der Waals surface area contributed by atoms with Gasteiger partial charge in [-0.15, -0.1) is 0 Å². The summed E-state index contributed by atoms with van der Waals surface area (Å²) in [6, 6.07) is 0.690. The summed E-state index contributed by atoms with van der Waals surface area (Å²) in [5, 5.41) is 3.71. The minimum absolute atomic E-state index is 0.485. The highest BCUT2D eigenvalue weighted by Crippen LogP contribution is 2.45. The molecule has 0 unspecified atom stereocenters. The monoisotopic (exact) mass is 241 g/mol. The van der Waals surface area contributed by atoms with Crippen LogP contribution in [0.25, 0.3) is 0 Å². The van der Waals surface area contributed by atoms with E-state index in [-0.39, 0.29) is 0 Å². The van der Waals surface area contributed by atoms with Crippen molar-refractivity contribution in [2.75, 3.05) is 19.8 Å². The van der Waals surface area contributed by atoms with E-state index < -0.39 is 0 Å². The molecule has 0 heterocycles. The van der Waals surface area contributed by atoms with Crippen LogP contribution >= 0.6 is 0 Å². The lowest BCUT2D eigenvalue weighted by atomic mass is 9.63. The van der Waals surface area contributed by atoms with Crippen LogP contribution < -0.4 is 5.32 Å². The first kappa shape index (κ1) is 15.0. The minimum Gasteiger partial charge on any atom is -0.382 e. The van der Waals surface area contributed by atoms with E-state index in [2.05, 4.69) is 39.9 Å². The fourth-order valence-electron chi connectivity index (χ4n) is 3.62. The summed E-state index contributed by atoms with van der Waals surface area (Å²) in [4.78, 5) is 0. The van der Waals surface area contributed by atoms with Gasteiger partial charge in [0.05, 0.1) is 0 Å². The van der Waals surface area contributed by atoms with Crippen molar-refractivity contribution in [3.8, 4) is 0 Å². The molecule has 0 spiro atoms. The Morgan fingerprint density at radius 3 is 2.24 bits per heavy atom. The highest BCUT2D eigenvalue weighted by atomic mass is 16.5. The molecule has 2 nitrogen and oxygen atoms in total. The predicted molar refractivity (Wildman–Crippen MR) is 74.3 cm³/mol. The number of hydrogen-bond donors (Lipinski definition) is 1. The third-order valence-electron chi connectivity index (χ3n) is 3.66. The Morgan fingerprint density at radius 1 is 1.12 bits per heavy atom. The maximum absolute atomic E-state index is 5.36. The van der Waals surface area contributed by atoms with Crippen LogP contribution in [0, 0.1) is 10.8 Å². The molecule has 0 radical (unpaired) electrons. The first-order valence-corrected chi connectivity index (χ1v) is 7.16. The molecule has 1 rings (SSSR count). The summed E-state index contributed by atoms with van der Waals surface area (Å²) < 4.78 is 5.36. The quantitative estimate of drug-likeness (QED) is 0.717. The van der Waals surface area contributed by atoms with E-state index in [1.807, 2.05) is 0 Å². The van der Waals surface area contributed by atoms with Gasteiger partial charge in [0.15, 0.2) is 0 Å². The molecule has 1 fully saturated rings. The Bertz CT molecular complexity index is 207. The molecule has 1 aliphatic rings. The van der Waals surface area contributed by atoms with Crippen molar-refractivity contribution < 1.29 is 4.74 Å². The van der Waals surface area contributed by atoms with Crippen molar-refractivity contribution in [1.82, 2.24) is 5.32 Å². The van der Waals surface area contributed by atoms with Gasteiger partial charge >= 0.3 is 0 Å². The number of ether oxygens (including phenoxy) is 1. The van der Waals surface area contributed by atoms with Crippen molar-refractivity contribution in [3.05, 3.63) is 0 Å². The number of hydrogen-bond acceptors (Lipinski definition) is 2. The summed E-state index contributed by atoms with van der Waals surface area (Å²) >= 11 is 0. The van der Waals surface area contributed by atoms with E-state index >= 15 is 0 Å². The highest BCUT2D eigenvalue weighted by molar-refractivity contribution is 4.92. The lowest BCUT2D eigenvalue weighted by molar-refractivity contribution is 0.0829. The Balaban J connectivity index is 2.28. The number of nitrogens with one attached hydrogen (secondary N) is 1. The van der Waals surface area contributed by atoms with Gasteiger partial charge < -0.3 is 10.1 Å². The Morgan fingerprint density at radius 2 is 1.71 bits per heavy atom. The van der Waals surface area contributed by atoms with Crippen LogP contribution in [0.5, 0.6) is 0 Å². The molecular formula is C15H31NO. The standard InChI is InChI=1S/C15H31NO/c1-6-17-9-7-8-16-13-10-14(2,3)12-15(4,5)11-13/h13,16H,6-12H2,1-5H3. The molecule has 0 saturated heterocycles. The van der Waals surface area contributed by atoms with Gasteiger partial charge in [0, 0.05) is 19.3 Å². The van der Waals surface area contributed by atoms with Gasteiger partial charge in [0.2, 0.25) is 0 Å². The molecule has 0 aromatic rings. The molecule has 0 aliphatic heterocycles. The minimum atomic E-state index is 0.485. The van der Waals surface area contributed by atoms with Crippen LogP contribution in [-0.2, 0) is 4.74 Å². The van der Waals surface area contributed by atoms with Gasteiger partial charge in [-0.25, -0.2) is 0 Å². The lowest BCUT2D eigenvalue weighted by Gasteiger charge is -2.45. The predicted octanol–water partition coefficient (Wildman–Crippen LogP) is 3.61. The van der Waals surface area contributed by atoms with Crippen molar-refractivity contribution in [1.29, 1.82) is 0 Å². The molecule has 0 atom stereocenters. The van der Waals surface area contributed by atoms with Crippen molar-refractivity contribution in [2.24, 2.45) is 10.8 Å². The Labute approximate surface area is 108 Å². The van der Waals surface area contributed by atoms with Crippen LogP contribution in [0.1, 0.15) is 60.3 Å². The molecule has 17 heavy (non-hydrogen) atoms. The SMILES string of the molecule is CCOCCCNC1CC(C)(C)CC(C)(C)C1. The molecule has 0 amide bonds. The molecule has 1 saturated carbocycles. The van der Waals surface area contributed by atoms with E-state index in [0.29, 0.717) is 16.9 Å². The molecular weight excluding hydrogens is 210 g/mol. The van der Waals surface area contributed by atoms with Gasteiger partial charge in [0.25, 0.3) is 0 Å². The maximum Gasteiger partial charge on any atom is 0.0477 e. The van der Waals surface area contributed by atoms with E-state index in [4.69, 9.17) is 4.74 Å². The van der Waals surface area contributed by atoms with Gasteiger partial charge in [-0.05, 0) is 50.0 Å². The molecule has 0 aromatic carbocycles. The van der Waals surface area contributed by atoms with E-state index in [9.17, 15) is 0 Å². The summed E-state index contributed by atoms with van der Waals surface area (Å²) in [5.74, 6) is 0. The second-order valence-corrected chi connectivity index (χ2v) is 7.11. The molecule has 1 N–H and O–H groups in total. The van der Waals surface area contributed by atoms with Gasteiger partial charge in [-0.2, -0.15) is 0 Å². The van der Waals surface area contributed by atoms with Crippen LogP contribution in [0.15, 0.2) is 0 Å². The average molecular weight is 241 g/mol. The van der Waals surface area contributed by atoms with Gasteiger partial charge in [0.1, 0.15) is 0 Å². The summed E-state index contributed by atoms with van der Waals surface area (Å²) in [7, 11) is 0. The molecule has 102 valence electrons. The third kappa shape index (κ3) is 5.87. The van der Waals surface area contributed by atoms with Crippen LogP contribution in [0.4, 0.5) is 0 Å². The molecule has 1 aliphatic carbocycles. The Hall–Kier alpha value is -0.0800. The smallest absolute Gasteiger partial charge is 0.0477 e. The van der Waals surface area contributed by atoms with Crippen molar-refractivity contribution in [3.63, 3.8) is 0 Å². The number of rotatable bonds is 6. The first-order chi connectivity index (χ1) is 7.85. The average Bonchev–Trinajstić information content (AvgIpc) is 2.12. The van der Waals surface area contributed by atoms with Crippen molar-refractivity contribution >= 4 is 0 Å². The van der Waals surface area contributed by atoms with Crippen molar-refractivity contribution in [2.45, 2.75) is 66.3 Å². The summed E-state index contributed by atoms with van der Waals surface area (Å²) in [6.45, 7) is 14.5. The second kappa shape index (κ2) is 6.19. The fraction of sp³-hybridized carbons (Fsp3) is 1.00. The normalized spacial score (nSPS) is 23.8. The molecule has 0 bridgehead atoms. The summed E-state index contributed by atoms with van der Waals surface area (Å²) in [6.07, 6.45) is 5.10. The lowest BCUT2D eigenvalue weighted by Crippen LogP contribution is -2.44. The van der Waals surface area contributed by atoms with E-state index in [1.165, 1.54) is 19.3 Å². The highest BCUT2D eigenvalue weighted by Gasteiger charge is 2.37. The summed E-state index contributed by atoms with van der Waals surface area (Å²) in [5.41, 5.74) is 0.971. The molecule has 0 aromatic heterocycles. The van der Waals surface area contributed by atoms with E-state index in [0.717, 1.165) is 26.2 Å². The van der Waals surface area contributed by atoms with Crippen LogP contribution in [0.2, 0.25) is 0 Å². The van der Waals surface area contributed by atoms with Crippen LogP contribution in [-0.4, -0.2) is 25.8 Å². The zero-order chi connectivity index (χ0) is 12.9. The molecule has 2 heteroatoms. The van der Waals surface area contributed by atoms with Gasteiger partial charge in [-0.3, -0.25) is 0 Å². The van der Waals surface area contributed by atoms with Gasteiger partial charge in [-0.1, -0.05) is 27.7 Å². The first-order valence-electron chi connectivity index (χ1n) is 7.16. The maximum atomic E-state index is 5.36. The largest absolute Gasteiger partial charge is 0.382 e. The fourth-order valence-corrected chi connectivity index (χ4v) is 3.62. The zero-order valence-corrected chi connectivity index (χ0v) is 12.4.